The number of rotatable bonds is 5. The van der Waals surface area contributed by atoms with Crippen molar-refractivity contribution in [3.63, 3.8) is 0 Å². The molecule has 0 aliphatic carbocycles. The van der Waals surface area contributed by atoms with Crippen molar-refractivity contribution in [3.8, 4) is 10.4 Å². The van der Waals surface area contributed by atoms with Crippen LogP contribution in [-0.4, -0.2) is 50.2 Å². The van der Waals surface area contributed by atoms with Crippen LogP contribution in [0.25, 0.3) is 15.4 Å². The lowest BCUT2D eigenvalue weighted by Crippen LogP contribution is -2.56. The van der Waals surface area contributed by atoms with Gasteiger partial charge in [-0.3, -0.25) is 14.0 Å². The lowest BCUT2D eigenvalue weighted by molar-refractivity contribution is 0.0451. The Bertz CT molecular complexity index is 1380. The lowest BCUT2D eigenvalue weighted by Gasteiger charge is -2.40. The molecule has 1 aliphatic rings. The molecular formula is C24H25N5O2S2. The predicted molar refractivity (Wildman–Crippen MR) is 131 cm³/mol. The quantitative estimate of drug-likeness (QED) is 0.460. The smallest absolute Gasteiger partial charge is 0.274 e. The molecule has 7 nitrogen and oxygen atoms in total. The second-order valence-electron chi connectivity index (χ2n) is 8.48. The van der Waals surface area contributed by atoms with Gasteiger partial charge in [0, 0.05) is 24.7 Å². The van der Waals surface area contributed by atoms with Crippen LogP contribution in [-0.2, 0) is 0 Å². The zero-order valence-corrected chi connectivity index (χ0v) is 20.6. The van der Waals surface area contributed by atoms with E-state index in [4.69, 9.17) is 0 Å². The van der Waals surface area contributed by atoms with Crippen LogP contribution in [0, 0.1) is 27.7 Å². The fourth-order valence-corrected chi connectivity index (χ4v) is 6.10. The zero-order valence-electron chi connectivity index (χ0n) is 19.0. The molecule has 9 heteroatoms. The van der Waals surface area contributed by atoms with Gasteiger partial charge in [0.05, 0.1) is 21.6 Å². The maximum Gasteiger partial charge on any atom is 0.274 e. The van der Waals surface area contributed by atoms with E-state index in [1.54, 1.807) is 11.3 Å². The van der Waals surface area contributed by atoms with E-state index in [9.17, 15) is 9.59 Å². The molecule has 1 N–H and O–H groups in total. The summed E-state index contributed by atoms with van der Waals surface area (Å²) in [5, 5.41) is 5.79. The van der Waals surface area contributed by atoms with E-state index in [1.807, 2.05) is 34.7 Å². The van der Waals surface area contributed by atoms with Crippen LogP contribution in [0.2, 0.25) is 0 Å². The van der Waals surface area contributed by atoms with Crippen molar-refractivity contribution >= 4 is 39.4 Å². The normalized spacial score (nSPS) is 15.6. The molecule has 0 bridgehead atoms. The average Bonchev–Trinajstić information content (AvgIpc) is 3.41. The van der Waals surface area contributed by atoms with Crippen molar-refractivity contribution in [2.75, 3.05) is 13.1 Å². The number of hydrogen-bond donors (Lipinski definition) is 1. The van der Waals surface area contributed by atoms with Gasteiger partial charge >= 0.3 is 0 Å². The number of carbonyl (C=O) groups is 2. The van der Waals surface area contributed by atoms with Gasteiger partial charge in [0.25, 0.3) is 11.8 Å². The molecule has 3 aromatic heterocycles. The monoisotopic (exact) mass is 479 g/mol. The summed E-state index contributed by atoms with van der Waals surface area (Å²) >= 11 is 3.05. The van der Waals surface area contributed by atoms with Gasteiger partial charge in [0.15, 0.2) is 4.96 Å². The Hall–Kier alpha value is -3.04. The van der Waals surface area contributed by atoms with Gasteiger partial charge in [-0.1, -0.05) is 23.8 Å². The molecule has 1 fully saturated rings. The minimum Gasteiger partial charge on any atom is -0.349 e. The van der Waals surface area contributed by atoms with Crippen molar-refractivity contribution in [3.05, 3.63) is 63.0 Å². The van der Waals surface area contributed by atoms with E-state index in [0.717, 1.165) is 32.4 Å². The van der Waals surface area contributed by atoms with Gasteiger partial charge in [-0.15, -0.1) is 22.7 Å². The summed E-state index contributed by atoms with van der Waals surface area (Å²) in [6.07, 6.45) is 2.71. The molecule has 4 heterocycles. The molecule has 0 unspecified atom stereocenters. The second kappa shape index (κ2) is 8.39. The minimum absolute atomic E-state index is 0.0402. The number of aryl methyl sites for hydroxylation is 4. The van der Waals surface area contributed by atoms with Gasteiger partial charge in [-0.05, 0) is 45.2 Å². The van der Waals surface area contributed by atoms with Crippen LogP contribution in [0.15, 0.2) is 29.8 Å². The highest BCUT2D eigenvalue weighted by Crippen LogP contribution is 2.35. The molecule has 4 aromatic rings. The van der Waals surface area contributed by atoms with Crippen molar-refractivity contribution in [2.45, 2.75) is 40.2 Å². The number of nitrogens with zero attached hydrogens (tertiary/aromatic N) is 4. The maximum absolute atomic E-state index is 13.4. The molecule has 1 aromatic carbocycles. The van der Waals surface area contributed by atoms with Crippen LogP contribution in [0.1, 0.15) is 49.2 Å². The van der Waals surface area contributed by atoms with Crippen LogP contribution < -0.4 is 5.32 Å². The number of likely N-dealkylation sites (tertiary alicyclic amines) is 1. The summed E-state index contributed by atoms with van der Waals surface area (Å²) in [4.78, 5) is 38.9. The summed E-state index contributed by atoms with van der Waals surface area (Å²) in [7, 11) is 0. The number of aromatic nitrogens is 3. The van der Waals surface area contributed by atoms with E-state index >= 15 is 0 Å². The Balaban J connectivity index is 1.32. The maximum atomic E-state index is 13.4. The molecule has 1 saturated heterocycles. The van der Waals surface area contributed by atoms with E-state index in [1.165, 1.54) is 16.9 Å². The minimum atomic E-state index is -0.168. The van der Waals surface area contributed by atoms with Crippen LogP contribution in [0.4, 0.5) is 0 Å². The number of amides is 2. The fraction of sp³-hybridized carbons (Fsp3) is 0.333. The molecule has 1 aliphatic heterocycles. The first-order valence-electron chi connectivity index (χ1n) is 10.9. The van der Waals surface area contributed by atoms with Crippen molar-refractivity contribution in [1.82, 2.24) is 24.6 Å². The van der Waals surface area contributed by atoms with Crippen LogP contribution >= 0.6 is 22.7 Å². The van der Waals surface area contributed by atoms with Crippen molar-refractivity contribution in [2.24, 2.45) is 0 Å². The summed E-state index contributed by atoms with van der Waals surface area (Å²) < 4.78 is 1.81. The third-order valence-corrected chi connectivity index (χ3v) is 7.88. The largest absolute Gasteiger partial charge is 0.349 e. The molecule has 0 spiro atoms. The molecule has 170 valence electrons. The predicted octanol–water partition coefficient (Wildman–Crippen LogP) is 4.40. The van der Waals surface area contributed by atoms with Gasteiger partial charge in [0.1, 0.15) is 11.4 Å². The van der Waals surface area contributed by atoms with Gasteiger partial charge in [0.2, 0.25) is 0 Å². The highest BCUT2D eigenvalue weighted by Gasteiger charge is 2.36. The second-order valence-corrected chi connectivity index (χ2v) is 10.6. The standard InChI is InChI=1S/C24H25N5O2S2/c1-13-5-6-18(14(2)11-13)21-19(27-16(4)33-21)23(31)28-8-7-17(28)12-25-22(30)20-15(3)26-24-29(20)9-10-32-24/h5-6,9-11,17H,7-8,12H2,1-4H3,(H,25,30)/t17-/m0/s1. The van der Waals surface area contributed by atoms with E-state index in [0.29, 0.717) is 30.2 Å². The topological polar surface area (TPSA) is 79.6 Å². The SMILES string of the molecule is Cc1ccc(-c2sc(C)nc2C(=O)N2CC[C@H]2CNC(=O)c2c(C)nc3sccn23)c(C)c1. The molecule has 1 atom stereocenters. The molecule has 33 heavy (non-hydrogen) atoms. The van der Waals surface area contributed by atoms with Crippen molar-refractivity contribution < 1.29 is 9.59 Å². The number of benzene rings is 1. The van der Waals surface area contributed by atoms with Gasteiger partial charge in [-0.2, -0.15) is 0 Å². The van der Waals surface area contributed by atoms with E-state index in [-0.39, 0.29) is 17.9 Å². The van der Waals surface area contributed by atoms with Crippen LogP contribution in [0.3, 0.4) is 0 Å². The number of nitrogens with one attached hydrogen (secondary N) is 1. The highest BCUT2D eigenvalue weighted by atomic mass is 32.1. The molecule has 0 saturated carbocycles. The Kier molecular flexibility index (Phi) is 5.54. The van der Waals surface area contributed by atoms with E-state index < -0.39 is 0 Å². The Morgan fingerprint density at radius 2 is 2.00 bits per heavy atom. The van der Waals surface area contributed by atoms with Gasteiger partial charge in [-0.25, -0.2) is 9.97 Å². The molecular weight excluding hydrogens is 454 g/mol. The molecule has 0 radical (unpaired) electrons. The summed E-state index contributed by atoms with van der Waals surface area (Å²) in [5.74, 6) is -0.237. The summed E-state index contributed by atoms with van der Waals surface area (Å²) in [5.41, 5.74) is 5.14. The van der Waals surface area contributed by atoms with Gasteiger partial charge < -0.3 is 10.2 Å². The lowest BCUT2D eigenvalue weighted by atomic mass is 10.00. The number of thiazole rings is 2. The summed E-state index contributed by atoms with van der Waals surface area (Å²) in [6.45, 7) is 8.98. The number of fused-ring (bicyclic) bond motifs is 1. The average molecular weight is 480 g/mol. The van der Waals surface area contributed by atoms with E-state index in [2.05, 4.69) is 47.3 Å². The zero-order chi connectivity index (χ0) is 23.3. The third kappa shape index (κ3) is 3.85. The third-order valence-electron chi connectivity index (χ3n) is 6.12. The number of carbonyl (C=O) groups excluding carboxylic acids is 2. The number of hydrogen-bond acceptors (Lipinski definition) is 6. The first kappa shape index (κ1) is 21.8. The van der Waals surface area contributed by atoms with Crippen molar-refractivity contribution in [1.29, 1.82) is 0 Å². The summed E-state index contributed by atoms with van der Waals surface area (Å²) in [6, 6.07) is 6.22. The van der Waals surface area contributed by atoms with Crippen LogP contribution in [0.5, 0.6) is 0 Å². The Labute approximate surface area is 200 Å². The molecule has 2 amide bonds. The molecule has 5 rings (SSSR count). The first-order chi connectivity index (χ1) is 15.8. The Morgan fingerprint density at radius 3 is 2.73 bits per heavy atom. The number of imidazole rings is 1. The fourth-order valence-electron chi connectivity index (χ4n) is 4.34. The highest BCUT2D eigenvalue weighted by molar-refractivity contribution is 7.15. The first-order valence-corrected chi connectivity index (χ1v) is 12.6. The Morgan fingerprint density at radius 1 is 1.18 bits per heavy atom.